The number of ether oxygens (including phenoxy) is 1. The number of hydrogen-bond donors (Lipinski definition) is 1. The first-order chi connectivity index (χ1) is 10.2. The van der Waals surface area contributed by atoms with Crippen molar-refractivity contribution in [3.63, 3.8) is 0 Å². The van der Waals surface area contributed by atoms with E-state index in [0.717, 1.165) is 0 Å². The second-order valence-corrected chi connectivity index (χ2v) is 4.86. The highest BCUT2D eigenvalue weighted by Crippen LogP contribution is 2.29. The number of ketones is 1. The van der Waals surface area contributed by atoms with Gasteiger partial charge in [0.2, 0.25) is 0 Å². The van der Waals surface area contributed by atoms with Crippen LogP contribution in [0, 0.1) is 0 Å². The first-order valence-corrected chi connectivity index (χ1v) is 6.97. The van der Waals surface area contributed by atoms with E-state index in [0.29, 0.717) is 6.42 Å². The Morgan fingerprint density at radius 2 is 1.95 bits per heavy atom. The number of carbonyl (C=O) groups excluding carboxylic acids is 2. The van der Waals surface area contributed by atoms with Crippen molar-refractivity contribution in [3.8, 4) is 5.75 Å². The lowest BCUT2D eigenvalue weighted by Gasteiger charge is -2.14. The number of Topliss-reactive ketones (excluding diaryl/α,β-unsaturated/α-hetero) is 1. The zero-order valence-electron chi connectivity index (χ0n) is 12.0. The summed E-state index contributed by atoms with van der Waals surface area (Å²) in [7, 11) is 0. The average molecular weight is 338 g/mol. The molecule has 0 aliphatic rings. The molecule has 0 saturated heterocycles. The molecule has 0 radical (unpaired) electrons. The molecule has 122 valence electrons. The standard InChI is InChI=1S/C14H15ClF3NO3/c1-3-9(15)12(20)8-5-6-10(11(7-8)22-4-2)19-13(21)14(16,17)18/h5-7,9H,3-4H2,1-2H3,(H,19,21). The second kappa shape index (κ2) is 7.49. The lowest BCUT2D eigenvalue weighted by molar-refractivity contribution is -0.167. The molecule has 1 N–H and O–H groups in total. The predicted molar refractivity (Wildman–Crippen MR) is 76.6 cm³/mol. The fraction of sp³-hybridized carbons (Fsp3) is 0.429. The average Bonchev–Trinajstić information content (AvgIpc) is 2.46. The molecule has 1 atom stereocenters. The SMILES string of the molecule is CCOc1cc(C(=O)C(Cl)CC)ccc1NC(=O)C(F)(F)F. The van der Waals surface area contributed by atoms with E-state index in [4.69, 9.17) is 16.3 Å². The molecular weight excluding hydrogens is 323 g/mol. The molecule has 1 unspecified atom stereocenters. The highest BCUT2D eigenvalue weighted by molar-refractivity contribution is 6.33. The van der Waals surface area contributed by atoms with E-state index in [1.807, 2.05) is 0 Å². The lowest BCUT2D eigenvalue weighted by atomic mass is 10.1. The third kappa shape index (κ3) is 4.62. The third-order valence-corrected chi connectivity index (χ3v) is 3.22. The summed E-state index contributed by atoms with van der Waals surface area (Å²) in [5.41, 5.74) is 0.0404. The number of amides is 1. The van der Waals surface area contributed by atoms with Crippen LogP contribution in [0.3, 0.4) is 0 Å². The quantitative estimate of drug-likeness (QED) is 0.634. The van der Waals surface area contributed by atoms with Crippen LogP contribution in [0.1, 0.15) is 30.6 Å². The van der Waals surface area contributed by atoms with Crippen LogP contribution in [0.5, 0.6) is 5.75 Å². The van der Waals surface area contributed by atoms with Gasteiger partial charge in [-0.05, 0) is 31.5 Å². The number of benzene rings is 1. The van der Waals surface area contributed by atoms with E-state index in [-0.39, 0.29) is 29.4 Å². The second-order valence-electron chi connectivity index (χ2n) is 4.34. The smallest absolute Gasteiger partial charge is 0.471 e. The Hall–Kier alpha value is -1.76. The Balaban J connectivity index is 3.10. The van der Waals surface area contributed by atoms with Gasteiger partial charge in [-0.1, -0.05) is 6.92 Å². The molecule has 0 aliphatic carbocycles. The van der Waals surface area contributed by atoms with Gasteiger partial charge in [0.25, 0.3) is 0 Å². The van der Waals surface area contributed by atoms with Crippen LogP contribution in [0.4, 0.5) is 18.9 Å². The first kappa shape index (κ1) is 18.3. The number of hydrogen-bond acceptors (Lipinski definition) is 3. The molecule has 0 bridgehead atoms. The number of rotatable bonds is 6. The summed E-state index contributed by atoms with van der Waals surface area (Å²) in [6, 6.07) is 3.74. The molecule has 1 rings (SSSR count). The van der Waals surface area contributed by atoms with Crippen molar-refractivity contribution in [1.29, 1.82) is 0 Å². The largest absolute Gasteiger partial charge is 0.492 e. The summed E-state index contributed by atoms with van der Waals surface area (Å²) < 4.78 is 42.0. The Morgan fingerprint density at radius 1 is 1.32 bits per heavy atom. The van der Waals surface area contributed by atoms with Crippen molar-refractivity contribution >= 4 is 29.0 Å². The molecule has 1 aromatic carbocycles. The molecule has 0 fully saturated rings. The fourth-order valence-corrected chi connectivity index (χ4v) is 1.74. The fourth-order valence-electron chi connectivity index (χ4n) is 1.61. The van der Waals surface area contributed by atoms with E-state index in [2.05, 4.69) is 0 Å². The van der Waals surface area contributed by atoms with Gasteiger partial charge in [0.05, 0.1) is 17.7 Å². The number of nitrogens with one attached hydrogen (secondary N) is 1. The van der Waals surface area contributed by atoms with Crippen molar-refractivity contribution in [2.24, 2.45) is 0 Å². The van der Waals surface area contributed by atoms with E-state index in [9.17, 15) is 22.8 Å². The van der Waals surface area contributed by atoms with Crippen LogP contribution in [-0.4, -0.2) is 29.9 Å². The van der Waals surface area contributed by atoms with Crippen LogP contribution < -0.4 is 10.1 Å². The van der Waals surface area contributed by atoms with Gasteiger partial charge in [0.1, 0.15) is 5.75 Å². The molecule has 4 nitrogen and oxygen atoms in total. The zero-order valence-corrected chi connectivity index (χ0v) is 12.7. The van der Waals surface area contributed by atoms with Crippen LogP contribution >= 0.6 is 11.6 Å². The van der Waals surface area contributed by atoms with Crippen molar-refractivity contribution in [2.45, 2.75) is 31.8 Å². The summed E-state index contributed by atoms with van der Waals surface area (Å²) in [6.45, 7) is 3.52. The molecule has 1 amide bonds. The van der Waals surface area contributed by atoms with Crippen molar-refractivity contribution in [3.05, 3.63) is 23.8 Å². The zero-order chi connectivity index (χ0) is 16.9. The normalized spacial score (nSPS) is 12.6. The minimum atomic E-state index is -5.01. The van der Waals surface area contributed by atoms with Gasteiger partial charge in [0, 0.05) is 5.56 Å². The predicted octanol–water partition coefficient (Wildman–Crippen LogP) is 3.79. The maximum absolute atomic E-state index is 12.3. The van der Waals surface area contributed by atoms with E-state index >= 15 is 0 Å². The molecule has 0 aliphatic heterocycles. The van der Waals surface area contributed by atoms with Gasteiger partial charge >= 0.3 is 12.1 Å². The number of anilines is 1. The van der Waals surface area contributed by atoms with Crippen LogP contribution in [0.25, 0.3) is 0 Å². The summed E-state index contributed by atoms with van der Waals surface area (Å²) >= 11 is 5.85. The Bertz CT molecular complexity index is 561. The number of carbonyl (C=O) groups is 2. The van der Waals surface area contributed by atoms with E-state index < -0.39 is 17.5 Å². The Kier molecular flexibility index (Phi) is 6.22. The maximum atomic E-state index is 12.3. The van der Waals surface area contributed by atoms with Crippen LogP contribution in [-0.2, 0) is 4.79 Å². The summed E-state index contributed by atoms with van der Waals surface area (Å²) in [6.07, 6.45) is -4.60. The van der Waals surface area contributed by atoms with Crippen LogP contribution in [0.15, 0.2) is 18.2 Å². The number of halogens is 4. The highest BCUT2D eigenvalue weighted by atomic mass is 35.5. The molecule has 8 heteroatoms. The van der Waals surface area contributed by atoms with Crippen molar-refractivity contribution in [1.82, 2.24) is 0 Å². The van der Waals surface area contributed by atoms with E-state index in [1.165, 1.54) is 18.2 Å². The number of alkyl halides is 4. The summed E-state index contributed by atoms with van der Waals surface area (Å²) in [5.74, 6) is -2.50. The molecule has 0 saturated carbocycles. The monoisotopic (exact) mass is 337 g/mol. The maximum Gasteiger partial charge on any atom is 0.471 e. The highest BCUT2D eigenvalue weighted by Gasteiger charge is 2.39. The summed E-state index contributed by atoms with van der Waals surface area (Å²) in [4.78, 5) is 23.0. The third-order valence-electron chi connectivity index (χ3n) is 2.71. The van der Waals surface area contributed by atoms with Crippen LogP contribution in [0.2, 0.25) is 0 Å². The molecule has 1 aromatic rings. The Morgan fingerprint density at radius 3 is 2.45 bits per heavy atom. The first-order valence-electron chi connectivity index (χ1n) is 6.54. The van der Waals surface area contributed by atoms with Gasteiger partial charge in [-0.2, -0.15) is 13.2 Å². The van der Waals surface area contributed by atoms with Gasteiger partial charge in [0.15, 0.2) is 5.78 Å². The molecule has 0 spiro atoms. The summed E-state index contributed by atoms with van der Waals surface area (Å²) in [5, 5.41) is 0.980. The topological polar surface area (TPSA) is 55.4 Å². The molecule has 0 heterocycles. The molecular formula is C14H15ClF3NO3. The minimum Gasteiger partial charge on any atom is -0.492 e. The lowest BCUT2D eigenvalue weighted by Crippen LogP contribution is -2.30. The van der Waals surface area contributed by atoms with Gasteiger partial charge < -0.3 is 10.1 Å². The van der Waals surface area contributed by atoms with Gasteiger partial charge in [-0.3, -0.25) is 9.59 Å². The molecule has 0 aromatic heterocycles. The van der Waals surface area contributed by atoms with E-state index in [1.54, 1.807) is 19.2 Å². The Labute approximate surface area is 130 Å². The minimum absolute atomic E-state index is 0.0223. The van der Waals surface area contributed by atoms with Crippen molar-refractivity contribution < 1.29 is 27.5 Å². The van der Waals surface area contributed by atoms with Gasteiger partial charge in [-0.15, -0.1) is 11.6 Å². The van der Waals surface area contributed by atoms with Gasteiger partial charge in [-0.25, -0.2) is 0 Å². The van der Waals surface area contributed by atoms with Crippen molar-refractivity contribution in [2.75, 3.05) is 11.9 Å². The molecule has 22 heavy (non-hydrogen) atoms.